The molecule has 2 amide bonds. The summed E-state index contributed by atoms with van der Waals surface area (Å²) in [6.07, 6.45) is 1.27. The van der Waals surface area contributed by atoms with Gasteiger partial charge in [-0.15, -0.1) is 0 Å². The predicted molar refractivity (Wildman–Crippen MR) is 71.6 cm³/mol. The van der Waals surface area contributed by atoms with E-state index in [1.165, 1.54) is 18.9 Å². The molecule has 0 spiro atoms. The number of alkyl carbamates (subject to hydrolysis) is 1. The third-order valence-electron chi connectivity index (χ3n) is 2.01. The van der Waals surface area contributed by atoms with Gasteiger partial charge in [0, 0.05) is 0 Å². The summed E-state index contributed by atoms with van der Waals surface area (Å²) >= 11 is 1.17. The number of amides is 2. The van der Waals surface area contributed by atoms with Gasteiger partial charge in [-0.05, 0) is 11.8 Å². The second-order valence-corrected chi connectivity index (χ2v) is 4.09. The van der Waals surface area contributed by atoms with Crippen LogP contribution in [0.4, 0.5) is 4.79 Å². The van der Waals surface area contributed by atoms with Crippen LogP contribution in [0.1, 0.15) is 5.56 Å². The van der Waals surface area contributed by atoms with Gasteiger partial charge in [-0.2, -0.15) is 4.99 Å². The number of hydrogen-bond acceptors (Lipinski definition) is 4. The first-order valence-electron chi connectivity index (χ1n) is 5.20. The van der Waals surface area contributed by atoms with E-state index in [9.17, 15) is 9.59 Å². The first-order valence-corrected chi connectivity index (χ1v) is 6.42. The van der Waals surface area contributed by atoms with E-state index in [0.717, 1.165) is 5.56 Å². The van der Waals surface area contributed by atoms with E-state index < -0.39 is 6.09 Å². The predicted octanol–water partition coefficient (Wildman–Crippen LogP) is 1.83. The molecule has 6 heteroatoms. The lowest BCUT2D eigenvalue weighted by molar-refractivity contribution is -0.117. The number of thioether (sulfide) groups is 1. The summed E-state index contributed by atoms with van der Waals surface area (Å²) in [6, 6.07) is 9.28. The highest BCUT2D eigenvalue weighted by Crippen LogP contribution is 2.03. The van der Waals surface area contributed by atoms with E-state index in [-0.39, 0.29) is 17.5 Å². The van der Waals surface area contributed by atoms with Crippen LogP contribution in [0.25, 0.3) is 0 Å². The molecule has 96 valence electrons. The number of hydrogen-bond donors (Lipinski definition) is 1. The highest BCUT2D eigenvalue weighted by molar-refractivity contribution is 8.13. The van der Waals surface area contributed by atoms with Crippen LogP contribution in [-0.2, 0) is 16.0 Å². The standard InChI is InChI=1S/C12H14N2O3S/c1-17-12(16)14-11(18-2)13-10(15)8-9-6-4-3-5-7-9/h3-7H,8H2,1-2H3,(H,13,14,15,16). The van der Waals surface area contributed by atoms with Gasteiger partial charge in [0.25, 0.3) is 5.91 Å². The monoisotopic (exact) mass is 266 g/mol. The minimum atomic E-state index is -0.643. The summed E-state index contributed by atoms with van der Waals surface area (Å²) < 4.78 is 4.43. The summed E-state index contributed by atoms with van der Waals surface area (Å²) in [7, 11) is 1.25. The fourth-order valence-electron chi connectivity index (χ4n) is 1.19. The van der Waals surface area contributed by atoms with Crippen molar-refractivity contribution in [1.82, 2.24) is 5.32 Å². The highest BCUT2D eigenvalue weighted by Gasteiger charge is 2.07. The first-order chi connectivity index (χ1) is 8.65. The van der Waals surface area contributed by atoms with E-state index in [2.05, 4.69) is 15.0 Å². The van der Waals surface area contributed by atoms with Gasteiger partial charge in [0.05, 0.1) is 13.5 Å². The molecule has 18 heavy (non-hydrogen) atoms. The van der Waals surface area contributed by atoms with Gasteiger partial charge in [-0.25, -0.2) is 4.79 Å². The molecular formula is C12H14N2O3S. The van der Waals surface area contributed by atoms with Crippen molar-refractivity contribution in [3.05, 3.63) is 35.9 Å². The molecule has 0 aliphatic rings. The third kappa shape index (κ3) is 5.01. The smallest absolute Gasteiger partial charge is 0.412 e. The van der Waals surface area contributed by atoms with E-state index in [1.807, 2.05) is 30.3 Å². The fourth-order valence-corrected chi connectivity index (χ4v) is 1.56. The maximum Gasteiger partial charge on any atom is 0.412 e. The van der Waals surface area contributed by atoms with Crippen LogP contribution in [-0.4, -0.2) is 30.5 Å². The Morgan fingerprint density at radius 2 is 2.00 bits per heavy atom. The minimum Gasteiger partial charge on any atom is -0.453 e. The van der Waals surface area contributed by atoms with Crippen LogP contribution < -0.4 is 5.32 Å². The van der Waals surface area contributed by atoms with Gasteiger partial charge in [-0.3, -0.25) is 10.1 Å². The number of carbonyl (C=O) groups is 2. The minimum absolute atomic E-state index is 0.202. The maximum atomic E-state index is 11.7. The Hall–Kier alpha value is -1.82. The largest absolute Gasteiger partial charge is 0.453 e. The molecule has 1 rings (SSSR count). The van der Waals surface area contributed by atoms with Crippen molar-refractivity contribution in [3.8, 4) is 0 Å². The van der Waals surface area contributed by atoms with E-state index in [4.69, 9.17) is 0 Å². The SMILES string of the molecule is COC(=O)N/C(=N/C(=O)Cc1ccccc1)SC. The van der Waals surface area contributed by atoms with Gasteiger partial charge < -0.3 is 4.74 Å². The number of amidine groups is 1. The summed E-state index contributed by atoms with van der Waals surface area (Å²) in [6.45, 7) is 0. The molecule has 0 saturated heterocycles. The average Bonchev–Trinajstić information content (AvgIpc) is 2.38. The molecular weight excluding hydrogens is 252 g/mol. The van der Waals surface area contributed by atoms with Gasteiger partial charge in [0.15, 0.2) is 5.17 Å². The molecule has 0 heterocycles. The highest BCUT2D eigenvalue weighted by atomic mass is 32.2. The average molecular weight is 266 g/mol. The van der Waals surface area contributed by atoms with Crippen LogP contribution >= 0.6 is 11.8 Å². The van der Waals surface area contributed by atoms with Crippen LogP contribution in [0, 0.1) is 0 Å². The molecule has 5 nitrogen and oxygen atoms in total. The molecule has 1 aromatic carbocycles. The summed E-state index contributed by atoms with van der Waals surface area (Å²) in [5.41, 5.74) is 0.879. The number of ether oxygens (including phenoxy) is 1. The molecule has 0 unspecified atom stereocenters. The first kappa shape index (κ1) is 14.2. The van der Waals surface area contributed by atoms with Gasteiger partial charge in [0.1, 0.15) is 0 Å². The molecule has 1 N–H and O–H groups in total. The van der Waals surface area contributed by atoms with E-state index in [0.29, 0.717) is 0 Å². The van der Waals surface area contributed by atoms with E-state index >= 15 is 0 Å². The Labute approximate surface area is 110 Å². The number of aliphatic imine (C=N–C) groups is 1. The van der Waals surface area contributed by atoms with Crippen LogP contribution in [0.5, 0.6) is 0 Å². The van der Waals surface area contributed by atoms with Gasteiger partial charge in [-0.1, -0.05) is 42.1 Å². The van der Waals surface area contributed by atoms with Crippen molar-refractivity contribution in [2.24, 2.45) is 4.99 Å². The van der Waals surface area contributed by atoms with Crippen LogP contribution in [0.15, 0.2) is 35.3 Å². The second-order valence-electron chi connectivity index (χ2n) is 3.29. The zero-order valence-electron chi connectivity index (χ0n) is 10.2. The molecule has 1 aromatic rings. The number of benzene rings is 1. The molecule has 0 radical (unpaired) electrons. The number of nitrogens with one attached hydrogen (secondary N) is 1. The lowest BCUT2D eigenvalue weighted by Crippen LogP contribution is -2.28. The Morgan fingerprint density at radius 1 is 1.33 bits per heavy atom. The topological polar surface area (TPSA) is 67.8 Å². The Kier molecular flexibility index (Phi) is 5.93. The van der Waals surface area contributed by atoms with Gasteiger partial charge >= 0.3 is 6.09 Å². The maximum absolute atomic E-state index is 11.7. The quantitative estimate of drug-likeness (QED) is 0.655. The van der Waals surface area contributed by atoms with Crippen molar-refractivity contribution in [2.45, 2.75) is 6.42 Å². The molecule has 0 aliphatic carbocycles. The zero-order chi connectivity index (χ0) is 13.4. The summed E-state index contributed by atoms with van der Waals surface area (Å²) in [4.78, 5) is 26.4. The number of carbonyl (C=O) groups excluding carboxylic acids is 2. The molecule has 0 aliphatic heterocycles. The molecule has 0 saturated carbocycles. The van der Waals surface area contributed by atoms with E-state index in [1.54, 1.807) is 6.26 Å². The molecule has 0 bridgehead atoms. The van der Waals surface area contributed by atoms with Crippen molar-refractivity contribution >= 4 is 28.9 Å². The van der Waals surface area contributed by atoms with Crippen LogP contribution in [0.3, 0.4) is 0 Å². The Bertz CT molecular complexity index is 446. The third-order valence-corrected chi connectivity index (χ3v) is 2.59. The van der Waals surface area contributed by atoms with Crippen molar-refractivity contribution in [2.75, 3.05) is 13.4 Å². The molecule has 0 aromatic heterocycles. The number of nitrogens with zero attached hydrogens (tertiary/aromatic N) is 1. The Balaban J connectivity index is 2.63. The molecule has 0 atom stereocenters. The number of methoxy groups -OCH3 is 1. The van der Waals surface area contributed by atoms with Crippen molar-refractivity contribution in [1.29, 1.82) is 0 Å². The summed E-state index contributed by atoms with van der Waals surface area (Å²) in [5.74, 6) is -0.318. The normalized spacial score (nSPS) is 10.9. The molecule has 0 fully saturated rings. The zero-order valence-corrected chi connectivity index (χ0v) is 11.0. The number of rotatable bonds is 2. The van der Waals surface area contributed by atoms with Crippen molar-refractivity contribution in [3.63, 3.8) is 0 Å². The second kappa shape index (κ2) is 7.50. The van der Waals surface area contributed by atoms with Gasteiger partial charge in [0.2, 0.25) is 0 Å². The summed E-state index contributed by atoms with van der Waals surface area (Å²) in [5, 5.41) is 2.59. The van der Waals surface area contributed by atoms with Crippen molar-refractivity contribution < 1.29 is 14.3 Å². The van der Waals surface area contributed by atoms with Crippen LogP contribution in [0.2, 0.25) is 0 Å². The fraction of sp³-hybridized carbons (Fsp3) is 0.250. The lowest BCUT2D eigenvalue weighted by Gasteiger charge is -2.04. The lowest BCUT2D eigenvalue weighted by atomic mass is 10.1. The Morgan fingerprint density at radius 3 is 2.56 bits per heavy atom.